The van der Waals surface area contributed by atoms with Crippen molar-refractivity contribution in [1.82, 2.24) is 15.5 Å². The van der Waals surface area contributed by atoms with Crippen molar-refractivity contribution >= 4 is 29.1 Å². The Balaban J connectivity index is 1.28. The van der Waals surface area contributed by atoms with Gasteiger partial charge in [-0.25, -0.2) is 0 Å². The van der Waals surface area contributed by atoms with E-state index in [4.69, 9.17) is 9.47 Å². The second-order valence-corrected chi connectivity index (χ2v) is 12.0. The molecule has 4 heterocycles. The van der Waals surface area contributed by atoms with Gasteiger partial charge in [-0.05, 0) is 48.1 Å². The standard InChI is InChI=1S/C32H33N3O5S/c1-31-15-16-32(40-31)26(25(31)28(36)34-20-24-9-6-18-41-24)30(38)35(17-14-21-10-12-23(39-2)13-11-21)27(32)29(37)33-19-22-7-4-3-5-8-22/h3-13,15-16,18,25-27H,14,17,19-20H2,1-2H3,(H,33,37)(H,34,36)/t25-,26+,27-,31-,32+/m1/s1. The van der Waals surface area contributed by atoms with E-state index in [1.807, 2.05) is 91.2 Å². The van der Waals surface area contributed by atoms with Gasteiger partial charge in [-0.2, -0.15) is 0 Å². The average Bonchev–Trinajstić information content (AvgIpc) is 3.74. The van der Waals surface area contributed by atoms with E-state index in [0.717, 1.165) is 21.8 Å². The predicted octanol–water partition coefficient (Wildman–Crippen LogP) is 3.47. The van der Waals surface area contributed by atoms with Crippen LogP contribution in [-0.4, -0.2) is 53.5 Å². The lowest BCUT2D eigenvalue weighted by Gasteiger charge is -2.33. The van der Waals surface area contributed by atoms with Crippen molar-refractivity contribution in [2.75, 3.05) is 13.7 Å². The number of thiophene rings is 1. The molecule has 3 amide bonds. The van der Waals surface area contributed by atoms with Crippen LogP contribution in [0.1, 0.15) is 22.9 Å². The molecule has 2 saturated heterocycles. The summed E-state index contributed by atoms with van der Waals surface area (Å²) in [4.78, 5) is 44.4. The molecule has 8 nitrogen and oxygen atoms in total. The summed E-state index contributed by atoms with van der Waals surface area (Å²) in [7, 11) is 1.62. The van der Waals surface area contributed by atoms with Crippen LogP contribution in [0.15, 0.2) is 84.3 Å². The minimum Gasteiger partial charge on any atom is -0.497 e. The number of amides is 3. The van der Waals surface area contributed by atoms with Crippen molar-refractivity contribution in [2.45, 2.75) is 43.7 Å². The number of hydrogen-bond donors (Lipinski definition) is 2. The number of likely N-dealkylation sites (tertiary alicyclic amines) is 1. The normalized spacial score (nSPS) is 27.6. The number of hydrogen-bond acceptors (Lipinski definition) is 6. The Labute approximate surface area is 243 Å². The molecule has 3 aliphatic rings. The summed E-state index contributed by atoms with van der Waals surface area (Å²) in [6.45, 7) is 2.84. The molecule has 6 rings (SSSR count). The van der Waals surface area contributed by atoms with Gasteiger partial charge in [-0.15, -0.1) is 11.3 Å². The minimum absolute atomic E-state index is 0.234. The number of benzene rings is 2. The highest BCUT2D eigenvalue weighted by Crippen LogP contribution is 2.59. The SMILES string of the molecule is COc1ccc(CCN2C(=O)[C@@H]3[C@H](C(=O)NCc4cccs4)[C@@]4(C)C=C[C@@]3(O4)[C@H]2C(=O)NCc2ccccc2)cc1. The van der Waals surface area contributed by atoms with Gasteiger partial charge in [-0.1, -0.05) is 60.7 Å². The third-order valence-corrected chi connectivity index (χ3v) is 9.33. The van der Waals surface area contributed by atoms with Gasteiger partial charge in [0.15, 0.2) is 0 Å². The lowest BCUT2D eigenvalue weighted by molar-refractivity contribution is -0.145. The second kappa shape index (κ2) is 10.8. The number of rotatable bonds is 10. The zero-order chi connectivity index (χ0) is 28.6. The average molecular weight is 572 g/mol. The molecule has 41 heavy (non-hydrogen) atoms. The van der Waals surface area contributed by atoms with Crippen LogP contribution in [0.2, 0.25) is 0 Å². The quantitative estimate of drug-likeness (QED) is 0.364. The van der Waals surface area contributed by atoms with Gasteiger partial charge in [-0.3, -0.25) is 14.4 Å². The van der Waals surface area contributed by atoms with Gasteiger partial charge in [0.25, 0.3) is 0 Å². The maximum absolute atomic E-state index is 14.2. The van der Waals surface area contributed by atoms with E-state index in [1.165, 1.54) is 0 Å². The summed E-state index contributed by atoms with van der Waals surface area (Å²) in [5.74, 6) is -1.58. The van der Waals surface area contributed by atoms with Crippen LogP contribution >= 0.6 is 11.3 Å². The summed E-state index contributed by atoms with van der Waals surface area (Å²) in [6, 6.07) is 20.3. The molecule has 1 aromatic heterocycles. The van der Waals surface area contributed by atoms with E-state index < -0.39 is 29.1 Å². The largest absolute Gasteiger partial charge is 0.497 e. The Kier molecular flexibility index (Phi) is 7.17. The van der Waals surface area contributed by atoms with E-state index in [1.54, 1.807) is 23.3 Å². The fraction of sp³-hybridized carbons (Fsp3) is 0.344. The Morgan fingerprint density at radius 1 is 0.951 bits per heavy atom. The van der Waals surface area contributed by atoms with Crippen LogP contribution in [0.5, 0.6) is 5.75 Å². The van der Waals surface area contributed by atoms with Gasteiger partial charge < -0.3 is 25.0 Å². The summed E-state index contributed by atoms with van der Waals surface area (Å²) < 4.78 is 11.9. The predicted molar refractivity (Wildman–Crippen MR) is 155 cm³/mol. The molecule has 1 spiro atoms. The monoisotopic (exact) mass is 571 g/mol. The van der Waals surface area contributed by atoms with Gasteiger partial charge in [0, 0.05) is 18.0 Å². The molecule has 2 bridgehead atoms. The highest BCUT2D eigenvalue weighted by atomic mass is 32.1. The molecular formula is C32H33N3O5S. The molecule has 5 atom stereocenters. The third kappa shape index (κ3) is 4.83. The number of nitrogens with zero attached hydrogens (tertiary/aromatic N) is 1. The molecule has 2 fully saturated rings. The van der Waals surface area contributed by atoms with Crippen molar-refractivity contribution in [2.24, 2.45) is 11.8 Å². The number of ether oxygens (including phenoxy) is 2. The molecule has 3 aromatic rings. The molecule has 0 radical (unpaired) electrons. The fourth-order valence-electron chi connectivity index (χ4n) is 6.49. The smallest absolute Gasteiger partial charge is 0.246 e. The maximum atomic E-state index is 14.2. The number of nitrogens with one attached hydrogen (secondary N) is 2. The van der Waals surface area contributed by atoms with Crippen LogP contribution in [0.3, 0.4) is 0 Å². The van der Waals surface area contributed by atoms with Crippen molar-refractivity contribution < 1.29 is 23.9 Å². The molecule has 9 heteroatoms. The Morgan fingerprint density at radius 3 is 2.41 bits per heavy atom. The Hall–Kier alpha value is -3.95. The van der Waals surface area contributed by atoms with Crippen LogP contribution in [0.4, 0.5) is 0 Å². The molecule has 2 N–H and O–H groups in total. The van der Waals surface area contributed by atoms with E-state index >= 15 is 0 Å². The van der Waals surface area contributed by atoms with Crippen molar-refractivity contribution in [3.05, 3.63) is 100 Å². The van der Waals surface area contributed by atoms with Crippen LogP contribution < -0.4 is 15.4 Å². The molecule has 212 valence electrons. The molecule has 3 aliphatic heterocycles. The van der Waals surface area contributed by atoms with E-state index in [9.17, 15) is 14.4 Å². The molecule has 0 saturated carbocycles. The number of carbonyl (C=O) groups excluding carboxylic acids is 3. The number of methoxy groups -OCH3 is 1. The summed E-state index contributed by atoms with van der Waals surface area (Å²) in [5.41, 5.74) is -0.249. The topological polar surface area (TPSA) is 97.0 Å². The van der Waals surface area contributed by atoms with E-state index in [-0.39, 0.29) is 17.7 Å². The fourth-order valence-corrected chi connectivity index (χ4v) is 7.14. The van der Waals surface area contributed by atoms with Gasteiger partial charge in [0.05, 0.1) is 31.1 Å². The summed E-state index contributed by atoms with van der Waals surface area (Å²) in [6.07, 6.45) is 4.24. The Bertz CT molecular complexity index is 1460. The third-order valence-electron chi connectivity index (χ3n) is 8.45. The summed E-state index contributed by atoms with van der Waals surface area (Å²) >= 11 is 1.56. The Morgan fingerprint density at radius 2 is 1.71 bits per heavy atom. The van der Waals surface area contributed by atoms with Crippen LogP contribution in [0.25, 0.3) is 0 Å². The highest BCUT2D eigenvalue weighted by molar-refractivity contribution is 7.09. The van der Waals surface area contributed by atoms with Gasteiger partial charge in [0.1, 0.15) is 17.4 Å². The lowest BCUT2D eigenvalue weighted by Crippen LogP contribution is -2.55. The number of carbonyl (C=O) groups is 3. The molecular weight excluding hydrogens is 538 g/mol. The van der Waals surface area contributed by atoms with Crippen LogP contribution in [-0.2, 0) is 38.6 Å². The van der Waals surface area contributed by atoms with Gasteiger partial charge >= 0.3 is 0 Å². The maximum Gasteiger partial charge on any atom is 0.246 e. The first-order valence-corrected chi connectivity index (χ1v) is 14.7. The molecule has 0 unspecified atom stereocenters. The van der Waals surface area contributed by atoms with E-state index in [0.29, 0.717) is 26.1 Å². The first-order valence-electron chi connectivity index (χ1n) is 13.8. The highest BCUT2D eigenvalue weighted by Gasteiger charge is 2.76. The van der Waals surface area contributed by atoms with Crippen molar-refractivity contribution in [3.63, 3.8) is 0 Å². The minimum atomic E-state index is -1.22. The first-order chi connectivity index (χ1) is 19.8. The zero-order valence-corrected chi connectivity index (χ0v) is 23.9. The van der Waals surface area contributed by atoms with Crippen LogP contribution in [0, 0.1) is 11.8 Å². The second-order valence-electron chi connectivity index (χ2n) is 11.0. The molecule has 0 aliphatic carbocycles. The first kappa shape index (κ1) is 27.2. The van der Waals surface area contributed by atoms with E-state index in [2.05, 4.69) is 10.6 Å². The zero-order valence-electron chi connectivity index (χ0n) is 23.0. The van der Waals surface area contributed by atoms with Crippen molar-refractivity contribution in [3.8, 4) is 5.75 Å². The lowest BCUT2D eigenvalue weighted by atomic mass is 9.70. The molecule has 2 aromatic carbocycles. The summed E-state index contributed by atoms with van der Waals surface area (Å²) in [5, 5.41) is 8.01. The van der Waals surface area contributed by atoms with Crippen molar-refractivity contribution in [1.29, 1.82) is 0 Å². The number of fused-ring (bicyclic) bond motifs is 1. The van der Waals surface area contributed by atoms with Gasteiger partial charge in [0.2, 0.25) is 17.7 Å².